The molecule has 1 aliphatic carbocycles. The van der Waals surface area contributed by atoms with Gasteiger partial charge in [-0.1, -0.05) is 6.07 Å². The van der Waals surface area contributed by atoms with Gasteiger partial charge in [0, 0.05) is 23.7 Å². The van der Waals surface area contributed by atoms with Gasteiger partial charge in [0.1, 0.15) is 10.7 Å². The lowest BCUT2D eigenvalue weighted by Crippen LogP contribution is -2.14. The third-order valence-electron chi connectivity index (χ3n) is 3.23. The zero-order chi connectivity index (χ0) is 12.5. The highest BCUT2D eigenvalue weighted by atomic mass is 32.1. The number of hydrogen-bond acceptors (Lipinski definition) is 4. The summed E-state index contributed by atoms with van der Waals surface area (Å²) >= 11 is 1.76. The molecule has 1 aliphatic rings. The zero-order valence-corrected chi connectivity index (χ0v) is 11.5. The quantitative estimate of drug-likeness (QED) is 0.917. The summed E-state index contributed by atoms with van der Waals surface area (Å²) in [5.74, 6) is 0. The molecule has 0 atom stereocenters. The van der Waals surface area contributed by atoms with Crippen molar-refractivity contribution in [2.24, 2.45) is 0 Å². The molecule has 2 aromatic rings. The van der Waals surface area contributed by atoms with Crippen molar-refractivity contribution in [3.05, 3.63) is 34.5 Å². The average molecular weight is 259 g/mol. The number of rotatable bonds is 4. The van der Waals surface area contributed by atoms with Crippen LogP contribution in [-0.4, -0.2) is 16.0 Å². The van der Waals surface area contributed by atoms with Crippen molar-refractivity contribution in [2.45, 2.75) is 39.3 Å². The van der Waals surface area contributed by atoms with E-state index in [2.05, 4.69) is 35.2 Å². The molecular weight excluding hydrogens is 242 g/mol. The van der Waals surface area contributed by atoms with Gasteiger partial charge in [-0.3, -0.25) is 4.98 Å². The first-order chi connectivity index (χ1) is 8.74. The highest BCUT2D eigenvalue weighted by Crippen LogP contribution is 2.29. The predicted octanol–water partition coefficient (Wildman–Crippen LogP) is 3.07. The second-order valence-electron chi connectivity index (χ2n) is 4.85. The van der Waals surface area contributed by atoms with E-state index in [9.17, 15) is 0 Å². The summed E-state index contributed by atoms with van der Waals surface area (Å²) in [5, 5.41) is 4.58. The van der Waals surface area contributed by atoms with Crippen molar-refractivity contribution < 1.29 is 0 Å². The number of thiazole rings is 1. The number of nitrogens with zero attached hydrogens (tertiary/aromatic N) is 2. The summed E-state index contributed by atoms with van der Waals surface area (Å²) in [5.41, 5.74) is 3.34. The molecule has 2 aromatic heterocycles. The van der Waals surface area contributed by atoms with E-state index in [0.717, 1.165) is 29.0 Å². The minimum absolute atomic E-state index is 0.742. The van der Waals surface area contributed by atoms with Crippen LogP contribution < -0.4 is 5.32 Å². The first-order valence-corrected chi connectivity index (χ1v) is 7.17. The van der Waals surface area contributed by atoms with Crippen LogP contribution in [0.5, 0.6) is 0 Å². The van der Waals surface area contributed by atoms with Crippen molar-refractivity contribution in [1.29, 1.82) is 0 Å². The van der Waals surface area contributed by atoms with Crippen LogP contribution in [0.2, 0.25) is 0 Å². The lowest BCUT2D eigenvalue weighted by atomic mass is 10.2. The van der Waals surface area contributed by atoms with Crippen molar-refractivity contribution in [3.8, 4) is 10.7 Å². The number of aromatic nitrogens is 2. The molecule has 0 amide bonds. The highest BCUT2D eigenvalue weighted by molar-refractivity contribution is 7.15. The lowest BCUT2D eigenvalue weighted by molar-refractivity contribution is 0.691. The second-order valence-corrected chi connectivity index (χ2v) is 5.94. The topological polar surface area (TPSA) is 37.8 Å². The zero-order valence-electron chi connectivity index (χ0n) is 10.7. The molecule has 0 spiro atoms. The van der Waals surface area contributed by atoms with Gasteiger partial charge in [0.2, 0.25) is 0 Å². The Bertz CT molecular complexity index is 558. The van der Waals surface area contributed by atoms with Gasteiger partial charge in [-0.2, -0.15) is 0 Å². The van der Waals surface area contributed by atoms with E-state index < -0.39 is 0 Å². The molecule has 3 nitrogen and oxygen atoms in total. The molecule has 1 N–H and O–H groups in total. The molecule has 0 bridgehead atoms. The van der Waals surface area contributed by atoms with Crippen molar-refractivity contribution in [1.82, 2.24) is 15.3 Å². The molecule has 3 rings (SSSR count). The number of aryl methyl sites for hydroxylation is 2. The second kappa shape index (κ2) is 4.78. The van der Waals surface area contributed by atoms with Crippen LogP contribution >= 0.6 is 11.3 Å². The summed E-state index contributed by atoms with van der Waals surface area (Å²) in [6.07, 6.45) is 4.48. The van der Waals surface area contributed by atoms with E-state index in [1.165, 1.54) is 23.3 Å². The number of pyridine rings is 1. The van der Waals surface area contributed by atoms with Gasteiger partial charge in [-0.05, 0) is 38.3 Å². The van der Waals surface area contributed by atoms with Gasteiger partial charge >= 0.3 is 0 Å². The first-order valence-electron chi connectivity index (χ1n) is 6.35. The van der Waals surface area contributed by atoms with E-state index in [-0.39, 0.29) is 0 Å². The van der Waals surface area contributed by atoms with Gasteiger partial charge in [-0.15, -0.1) is 11.3 Å². The number of nitrogens with one attached hydrogen (secondary N) is 1. The third kappa shape index (κ3) is 2.44. The fourth-order valence-corrected chi connectivity index (χ4v) is 3.00. The van der Waals surface area contributed by atoms with E-state index in [4.69, 9.17) is 0 Å². The Morgan fingerprint density at radius 3 is 2.94 bits per heavy atom. The Balaban J connectivity index is 1.84. The maximum absolute atomic E-state index is 4.66. The molecule has 1 saturated carbocycles. The van der Waals surface area contributed by atoms with Gasteiger partial charge in [-0.25, -0.2) is 4.98 Å². The van der Waals surface area contributed by atoms with Crippen molar-refractivity contribution >= 4 is 11.3 Å². The Morgan fingerprint density at radius 2 is 2.22 bits per heavy atom. The molecule has 0 radical (unpaired) electrons. The van der Waals surface area contributed by atoms with Crippen LogP contribution in [0.3, 0.4) is 0 Å². The van der Waals surface area contributed by atoms with Crippen LogP contribution in [-0.2, 0) is 6.54 Å². The van der Waals surface area contributed by atoms with Crippen LogP contribution in [0.1, 0.15) is 29.0 Å². The van der Waals surface area contributed by atoms with Gasteiger partial charge < -0.3 is 5.32 Å². The molecule has 4 heteroatoms. The average Bonchev–Trinajstić information content (AvgIpc) is 3.11. The molecule has 0 saturated heterocycles. The number of hydrogen-bond donors (Lipinski definition) is 1. The van der Waals surface area contributed by atoms with Crippen LogP contribution in [0.15, 0.2) is 18.3 Å². The molecular formula is C14H17N3S. The van der Waals surface area contributed by atoms with Crippen LogP contribution in [0.4, 0.5) is 0 Å². The monoisotopic (exact) mass is 259 g/mol. The summed E-state index contributed by atoms with van der Waals surface area (Å²) in [6.45, 7) is 5.11. The van der Waals surface area contributed by atoms with Crippen LogP contribution in [0.25, 0.3) is 10.7 Å². The molecule has 94 valence electrons. The minimum atomic E-state index is 0.742. The van der Waals surface area contributed by atoms with E-state index in [1.54, 1.807) is 11.3 Å². The standard InChI is InChI=1S/C14H17N3S/c1-9-4-3-7-15-13(9)14-17-10(2)12(18-14)8-16-11-5-6-11/h3-4,7,11,16H,5-6,8H2,1-2H3. The van der Waals surface area contributed by atoms with Crippen molar-refractivity contribution in [2.75, 3.05) is 0 Å². The van der Waals surface area contributed by atoms with Gasteiger partial charge in [0.05, 0.1) is 5.69 Å². The maximum Gasteiger partial charge on any atom is 0.142 e. The molecule has 0 aromatic carbocycles. The fourth-order valence-electron chi connectivity index (χ4n) is 1.93. The van der Waals surface area contributed by atoms with Gasteiger partial charge in [0.15, 0.2) is 0 Å². The Labute approximate surface area is 111 Å². The smallest absolute Gasteiger partial charge is 0.142 e. The summed E-state index contributed by atoms with van der Waals surface area (Å²) in [6, 6.07) is 4.79. The summed E-state index contributed by atoms with van der Waals surface area (Å²) in [4.78, 5) is 10.4. The lowest BCUT2D eigenvalue weighted by Gasteiger charge is -2.00. The minimum Gasteiger partial charge on any atom is -0.309 e. The molecule has 18 heavy (non-hydrogen) atoms. The highest BCUT2D eigenvalue weighted by Gasteiger charge is 2.21. The Morgan fingerprint density at radius 1 is 1.39 bits per heavy atom. The largest absolute Gasteiger partial charge is 0.309 e. The van der Waals surface area contributed by atoms with E-state index in [0.29, 0.717) is 0 Å². The summed E-state index contributed by atoms with van der Waals surface area (Å²) in [7, 11) is 0. The van der Waals surface area contributed by atoms with Crippen LogP contribution in [0, 0.1) is 13.8 Å². The maximum atomic E-state index is 4.66. The molecule has 1 fully saturated rings. The molecule has 0 unspecified atom stereocenters. The van der Waals surface area contributed by atoms with Crippen molar-refractivity contribution in [3.63, 3.8) is 0 Å². The predicted molar refractivity (Wildman–Crippen MR) is 74.7 cm³/mol. The Kier molecular flexibility index (Phi) is 3.14. The van der Waals surface area contributed by atoms with Gasteiger partial charge in [0.25, 0.3) is 0 Å². The SMILES string of the molecule is Cc1cccnc1-c1nc(C)c(CNC2CC2)s1. The third-order valence-corrected chi connectivity index (χ3v) is 4.40. The fraction of sp³-hybridized carbons (Fsp3) is 0.429. The van der Waals surface area contributed by atoms with E-state index >= 15 is 0 Å². The Hall–Kier alpha value is -1.26. The summed E-state index contributed by atoms with van der Waals surface area (Å²) < 4.78 is 0. The first kappa shape index (κ1) is 11.8. The molecule has 0 aliphatic heterocycles. The van der Waals surface area contributed by atoms with E-state index in [1.807, 2.05) is 12.3 Å². The normalized spacial score (nSPS) is 15.0. The molecule has 2 heterocycles.